The van der Waals surface area contributed by atoms with Crippen LogP contribution >= 0.6 is 0 Å². The van der Waals surface area contributed by atoms with Gasteiger partial charge in [0.05, 0.1) is 26.9 Å². The lowest BCUT2D eigenvalue weighted by atomic mass is 10.2. The molecule has 26 heavy (non-hydrogen) atoms. The predicted octanol–water partition coefficient (Wildman–Crippen LogP) is 2.20. The summed E-state index contributed by atoms with van der Waals surface area (Å²) in [5.74, 6) is 1.82. The van der Waals surface area contributed by atoms with Gasteiger partial charge in [-0.05, 0) is 38.5 Å². The predicted molar refractivity (Wildman–Crippen MR) is 107 cm³/mol. The Hall–Kier alpha value is -1.79. The molecule has 2 unspecified atom stereocenters. The molecule has 2 atom stereocenters. The highest BCUT2D eigenvalue weighted by Crippen LogP contribution is 2.13. The number of guanidine groups is 1. The average Bonchev–Trinajstić information content (AvgIpc) is 2.65. The zero-order valence-electron chi connectivity index (χ0n) is 16.9. The van der Waals surface area contributed by atoms with Crippen LogP contribution in [0.15, 0.2) is 29.3 Å². The molecule has 1 fully saturated rings. The normalized spacial score (nSPS) is 19.9. The lowest BCUT2D eigenvalue weighted by Gasteiger charge is -2.37. The third-order valence-electron chi connectivity index (χ3n) is 4.77. The molecule has 6 nitrogen and oxygen atoms in total. The highest BCUT2D eigenvalue weighted by molar-refractivity contribution is 5.79. The van der Waals surface area contributed by atoms with E-state index in [-0.39, 0.29) is 0 Å². The summed E-state index contributed by atoms with van der Waals surface area (Å²) in [7, 11) is 3.77. The van der Waals surface area contributed by atoms with E-state index in [1.807, 2.05) is 12.1 Å². The first-order valence-electron chi connectivity index (χ1n) is 9.51. The fourth-order valence-corrected chi connectivity index (χ4v) is 3.27. The second-order valence-electron chi connectivity index (χ2n) is 6.91. The van der Waals surface area contributed by atoms with Crippen LogP contribution in [0.1, 0.15) is 26.3 Å². The SMILES string of the molecule is CCNC(=NCC(C)N1CCOCC1C)N(C)Cc1ccc(OC)cc1. The minimum atomic E-state index is 0.400. The van der Waals surface area contributed by atoms with Gasteiger partial charge in [0.25, 0.3) is 0 Å². The third-order valence-corrected chi connectivity index (χ3v) is 4.77. The molecule has 1 N–H and O–H groups in total. The molecule has 1 heterocycles. The third kappa shape index (κ3) is 5.88. The highest BCUT2D eigenvalue weighted by Gasteiger charge is 2.23. The molecule has 1 aromatic rings. The molecule has 1 saturated heterocycles. The second-order valence-corrected chi connectivity index (χ2v) is 6.91. The van der Waals surface area contributed by atoms with E-state index in [0.717, 1.165) is 51.1 Å². The number of hydrogen-bond acceptors (Lipinski definition) is 4. The van der Waals surface area contributed by atoms with Crippen molar-refractivity contribution in [1.29, 1.82) is 0 Å². The minimum Gasteiger partial charge on any atom is -0.497 e. The van der Waals surface area contributed by atoms with Crippen LogP contribution in [0.25, 0.3) is 0 Å². The van der Waals surface area contributed by atoms with Crippen molar-refractivity contribution in [3.05, 3.63) is 29.8 Å². The summed E-state index contributed by atoms with van der Waals surface area (Å²) in [6.45, 7) is 11.6. The van der Waals surface area contributed by atoms with Gasteiger partial charge in [0, 0.05) is 38.8 Å². The van der Waals surface area contributed by atoms with Crippen molar-refractivity contribution in [2.75, 3.05) is 47.0 Å². The molecule has 0 aliphatic carbocycles. The molecule has 1 aliphatic rings. The minimum absolute atomic E-state index is 0.400. The van der Waals surface area contributed by atoms with Crippen molar-refractivity contribution in [2.24, 2.45) is 4.99 Å². The van der Waals surface area contributed by atoms with E-state index >= 15 is 0 Å². The number of ether oxygens (including phenoxy) is 2. The number of methoxy groups -OCH3 is 1. The Morgan fingerprint density at radius 1 is 1.42 bits per heavy atom. The number of rotatable bonds is 7. The van der Waals surface area contributed by atoms with Crippen LogP contribution in [0.5, 0.6) is 5.75 Å². The number of nitrogens with one attached hydrogen (secondary N) is 1. The molecule has 146 valence electrons. The van der Waals surface area contributed by atoms with Crippen molar-refractivity contribution in [2.45, 2.75) is 39.4 Å². The quantitative estimate of drug-likeness (QED) is 0.595. The standard InChI is InChI=1S/C20H34N4O2/c1-6-21-20(22-13-16(2)24-11-12-26-15-17(24)3)23(4)14-18-7-9-19(25-5)10-8-18/h7-10,16-17H,6,11-15H2,1-5H3,(H,21,22). The van der Waals surface area contributed by atoms with E-state index in [0.29, 0.717) is 12.1 Å². The summed E-state index contributed by atoms with van der Waals surface area (Å²) in [6, 6.07) is 9.03. The highest BCUT2D eigenvalue weighted by atomic mass is 16.5. The molecule has 1 aromatic carbocycles. The summed E-state index contributed by atoms with van der Waals surface area (Å²) >= 11 is 0. The maximum atomic E-state index is 5.54. The van der Waals surface area contributed by atoms with Gasteiger partial charge in [0.1, 0.15) is 5.75 Å². The van der Waals surface area contributed by atoms with Gasteiger partial charge in [-0.2, -0.15) is 0 Å². The smallest absolute Gasteiger partial charge is 0.194 e. The molecule has 0 saturated carbocycles. The zero-order valence-corrected chi connectivity index (χ0v) is 16.9. The van der Waals surface area contributed by atoms with Gasteiger partial charge >= 0.3 is 0 Å². The van der Waals surface area contributed by atoms with E-state index in [4.69, 9.17) is 14.5 Å². The number of nitrogens with zero attached hydrogens (tertiary/aromatic N) is 3. The number of aliphatic imine (C=N–C) groups is 1. The van der Waals surface area contributed by atoms with Crippen LogP contribution in [-0.4, -0.2) is 74.8 Å². The van der Waals surface area contributed by atoms with Gasteiger partial charge < -0.3 is 19.7 Å². The molecular formula is C20H34N4O2. The molecule has 0 bridgehead atoms. The summed E-state index contributed by atoms with van der Waals surface area (Å²) < 4.78 is 10.8. The summed E-state index contributed by atoms with van der Waals surface area (Å²) in [5, 5.41) is 3.40. The van der Waals surface area contributed by atoms with Crippen LogP contribution < -0.4 is 10.1 Å². The van der Waals surface area contributed by atoms with E-state index in [1.165, 1.54) is 5.56 Å². The molecule has 0 radical (unpaired) electrons. The van der Waals surface area contributed by atoms with Crippen molar-refractivity contribution in [3.8, 4) is 5.75 Å². The van der Waals surface area contributed by atoms with Crippen LogP contribution in [0, 0.1) is 0 Å². The first-order chi connectivity index (χ1) is 12.5. The van der Waals surface area contributed by atoms with Crippen molar-refractivity contribution < 1.29 is 9.47 Å². The lowest BCUT2D eigenvalue weighted by molar-refractivity contribution is -0.0166. The number of morpholine rings is 1. The summed E-state index contributed by atoms with van der Waals surface area (Å²) in [6.07, 6.45) is 0. The second kappa shape index (κ2) is 10.4. The summed E-state index contributed by atoms with van der Waals surface area (Å²) in [4.78, 5) is 9.53. The fraction of sp³-hybridized carbons (Fsp3) is 0.650. The Labute approximate surface area is 158 Å². The Morgan fingerprint density at radius 3 is 2.77 bits per heavy atom. The number of hydrogen-bond donors (Lipinski definition) is 1. The Morgan fingerprint density at radius 2 is 2.15 bits per heavy atom. The zero-order chi connectivity index (χ0) is 18.9. The Kier molecular flexibility index (Phi) is 8.19. The van der Waals surface area contributed by atoms with Crippen molar-refractivity contribution >= 4 is 5.96 Å². The molecule has 6 heteroatoms. The topological polar surface area (TPSA) is 49.3 Å². The largest absolute Gasteiger partial charge is 0.497 e. The van der Waals surface area contributed by atoms with Gasteiger partial charge in [-0.25, -0.2) is 0 Å². The maximum absolute atomic E-state index is 5.54. The Bertz CT molecular complexity index is 561. The molecule has 1 aliphatic heterocycles. The molecular weight excluding hydrogens is 328 g/mol. The first kappa shape index (κ1) is 20.5. The monoisotopic (exact) mass is 362 g/mol. The van der Waals surface area contributed by atoms with Crippen LogP contribution in [0.3, 0.4) is 0 Å². The fourth-order valence-electron chi connectivity index (χ4n) is 3.27. The van der Waals surface area contributed by atoms with Gasteiger partial charge in [0.2, 0.25) is 0 Å². The van der Waals surface area contributed by atoms with E-state index < -0.39 is 0 Å². The van der Waals surface area contributed by atoms with E-state index in [1.54, 1.807) is 7.11 Å². The van der Waals surface area contributed by atoms with Gasteiger partial charge in [-0.1, -0.05) is 12.1 Å². The molecule has 0 spiro atoms. The number of benzene rings is 1. The lowest BCUT2D eigenvalue weighted by Crippen LogP contribution is -2.49. The van der Waals surface area contributed by atoms with Gasteiger partial charge in [0.15, 0.2) is 5.96 Å². The van der Waals surface area contributed by atoms with E-state index in [2.05, 4.69) is 55.1 Å². The van der Waals surface area contributed by atoms with Crippen molar-refractivity contribution in [1.82, 2.24) is 15.1 Å². The van der Waals surface area contributed by atoms with Crippen LogP contribution in [0.4, 0.5) is 0 Å². The maximum Gasteiger partial charge on any atom is 0.194 e. The first-order valence-corrected chi connectivity index (χ1v) is 9.51. The van der Waals surface area contributed by atoms with E-state index in [9.17, 15) is 0 Å². The van der Waals surface area contributed by atoms with Crippen LogP contribution in [0.2, 0.25) is 0 Å². The van der Waals surface area contributed by atoms with Crippen molar-refractivity contribution in [3.63, 3.8) is 0 Å². The van der Waals surface area contributed by atoms with Gasteiger partial charge in [-0.3, -0.25) is 9.89 Å². The summed E-state index contributed by atoms with van der Waals surface area (Å²) in [5.41, 5.74) is 1.23. The van der Waals surface area contributed by atoms with Crippen LogP contribution in [-0.2, 0) is 11.3 Å². The molecule has 2 rings (SSSR count). The Balaban J connectivity index is 1.97. The average molecular weight is 363 g/mol. The van der Waals surface area contributed by atoms with Gasteiger partial charge in [-0.15, -0.1) is 0 Å². The molecule has 0 aromatic heterocycles. The molecule has 0 amide bonds.